The van der Waals surface area contributed by atoms with Crippen LogP contribution in [0.4, 0.5) is 0 Å². The topological polar surface area (TPSA) is 138 Å². The number of likely N-dealkylation sites (N-methyl/N-ethyl adjacent to an activating group) is 4. The van der Waals surface area contributed by atoms with Crippen molar-refractivity contribution in [2.24, 2.45) is 11.5 Å². The average Bonchev–Trinajstić information content (AvgIpc) is 2.90. The van der Waals surface area contributed by atoms with Crippen LogP contribution in [-0.2, 0) is 19.2 Å². The van der Waals surface area contributed by atoms with E-state index in [0.717, 1.165) is 0 Å². The second-order valence-corrected chi connectivity index (χ2v) is 10.8. The van der Waals surface area contributed by atoms with Gasteiger partial charge in [-0.3, -0.25) is 19.2 Å². The molecule has 0 aromatic heterocycles. The van der Waals surface area contributed by atoms with Crippen LogP contribution in [0.5, 0.6) is 0 Å². The maximum Gasteiger partial charge on any atom is 2.00 e. The van der Waals surface area contributed by atoms with Crippen LogP contribution in [0.1, 0.15) is 117 Å². The number of carbonyl (C=O) groups excluding carboxylic acids is 4. The molecule has 4 amide bonds. The van der Waals surface area contributed by atoms with Gasteiger partial charge in [-0.1, -0.05) is 28.7 Å². The Labute approximate surface area is 367 Å². The summed E-state index contributed by atoms with van der Waals surface area (Å²) in [5, 5.41) is 0. The van der Waals surface area contributed by atoms with Gasteiger partial charge in [0.25, 0.3) is 0 Å². The number of carbonyl (C=O) groups is 4. The number of rotatable bonds is 6. The number of amides is 4. The smallest absolute Gasteiger partial charge is 1.00 e. The molecule has 0 saturated heterocycles. The first-order chi connectivity index (χ1) is 18.3. The van der Waals surface area contributed by atoms with Crippen molar-refractivity contribution in [3.8, 4) is 0 Å². The normalized spacial score (nSPS) is 9.29. The maximum atomic E-state index is 11.5. The van der Waals surface area contributed by atoms with E-state index in [-0.39, 0.29) is 142 Å². The van der Waals surface area contributed by atoms with Gasteiger partial charge in [0.05, 0.1) is 22.2 Å². The SMILES string of the molecule is C.C.CC.CC(=O)N(C)C(C)(C)C(C)(C)N(C)C(C)=O.CC(=O)N(C)C(C)(C)C(C)(C)N(C)C(C)=O.CN.CN.[Ba+2].[Ba+2].[C-]#[N+]C.[H-].[H-].[H-].[H-]. The minimum atomic E-state index is -0.431. The summed E-state index contributed by atoms with van der Waals surface area (Å²) in [5.74, 6) is -0.0184. The van der Waals surface area contributed by atoms with Crippen molar-refractivity contribution < 1.29 is 24.9 Å². The van der Waals surface area contributed by atoms with Gasteiger partial charge in [0.1, 0.15) is 0 Å². The molecule has 0 heterocycles. The van der Waals surface area contributed by atoms with Crippen molar-refractivity contribution in [3.05, 3.63) is 11.4 Å². The molecule has 0 rings (SSSR count). The van der Waals surface area contributed by atoms with E-state index in [1.807, 2.05) is 69.2 Å². The molecule has 0 spiro atoms. The van der Waals surface area contributed by atoms with Crippen molar-refractivity contribution in [2.45, 2.75) is 134 Å². The van der Waals surface area contributed by atoms with E-state index in [4.69, 9.17) is 6.57 Å². The number of nitrogens with two attached hydrogens (primary N) is 2. The van der Waals surface area contributed by atoms with Gasteiger partial charge in [-0.25, -0.2) is 6.57 Å². The molecule has 4 N–H and O–H groups in total. The summed E-state index contributed by atoms with van der Waals surface area (Å²) in [6, 6.07) is 0. The van der Waals surface area contributed by atoms with E-state index < -0.39 is 22.2 Å². The molecule has 0 aromatic rings. The standard InChI is InChI=1S/2C12H24N2O2.C2H3N.C2H6.2CH5N.2CH4.2Ba.4H/c2*1-9(15)13(7)11(3,4)12(5,6)14(8)10(2)16;1-3-2;3*1-2;;;;;;;;/h2*1-8H3;1H3;1-2H3;2*2H2,1H3;2*1H4;;;;;;/q;;;;;;;;2*+2;4*-1. The molecule has 270 valence electrons. The summed E-state index contributed by atoms with van der Waals surface area (Å²) in [6.07, 6.45) is 0. The summed E-state index contributed by atoms with van der Waals surface area (Å²) in [4.78, 5) is 55.3. The summed E-state index contributed by atoms with van der Waals surface area (Å²) in [5.41, 5.74) is 7.27. The van der Waals surface area contributed by atoms with Crippen LogP contribution < -0.4 is 11.5 Å². The van der Waals surface area contributed by atoms with E-state index in [1.54, 1.807) is 47.8 Å². The molecule has 11 nitrogen and oxygen atoms in total. The quantitative estimate of drug-likeness (QED) is 0.294. The molecule has 0 atom stereocenters. The summed E-state index contributed by atoms with van der Waals surface area (Å²) in [7, 11) is 11.5. The Morgan fingerprint density at radius 1 is 0.511 bits per heavy atom. The van der Waals surface area contributed by atoms with Crippen LogP contribution in [0.3, 0.4) is 0 Å². The molecule has 0 unspecified atom stereocenters. The third-order valence-electron chi connectivity index (χ3n) is 8.24. The average molecular weight is 901 g/mol. The minimum absolute atomic E-state index is 0. The van der Waals surface area contributed by atoms with Crippen LogP contribution >= 0.6 is 0 Å². The van der Waals surface area contributed by atoms with Crippen molar-refractivity contribution in [2.75, 3.05) is 49.3 Å². The van der Waals surface area contributed by atoms with Gasteiger partial charge >= 0.3 is 97.8 Å². The van der Waals surface area contributed by atoms with Crippen LogP contribution in [0.25, 0.3) is 4.85 Å². The second kappa shape index (κ2) is 34.3. The maximum absolute atomic E-state index is 11.5. The summed E-state index contributed by atoms with van der Waals surface area (Å²) < 4.78 is 0. The Balaban J connectivity index is -0.0000000296. The molecule has 0 fully saturated rings. The van der Waals surface area contributed by atoms with Gasteiger partial charge in [0.2, 0.25) is 30.7 Å². The Morgan fingerprint density at radius 2 is 0.578 bits per heavy atom. The van der Waals surface area contributed by atoms with Gasteiger partial charge in [-0.15, -0.1) is 0 Å². The Kier molecular flexibility index (Phi) is 54.5. The molecule has 0 aliphatic rings. The first kappa shape index (κ1) is 71.4. The van der Waals surface area contributed by atoms with Crippen molar-refractivity contribution >= 4 is 121 Å². The molecule has 0 aliphatic heterocycles. The van der Waals surface area contributed by atoms with E-state index in [9.17, 15) is 19.2 Å². The van der Waals surface area contributed by atoms with Crippen molar-refractivity contribution in [1.29, 1.82) is 0 Å². The van der Waals surface area contributed by atoms with Crippen molar-refractivity contribution in [1.82, 2.24) is 19.6 Å². The number of hydrogen-bond acceptors (Lipinski definition) is 6. The van der Waals surface area contributed by atoms with Gasteiger partial charge in [-0.2, -0.15) is 0 Å². The second-order valence-electron chi connectivity index (χ2n) is 10.8. The number of hydrogen-bond donors (Lipinski definition) is 2. The fraction of sp³-hybridized carbons (Fsp3) is 0.844. The third-order valence-corrected chi connectivity index (χ3v) is 8.24. The molecule has 45 heavy (non-hydrogen) atoms. The third kappa shape index (κ3) is 23.4. The van der Waals surface area contributed by atoms with Crippen LogP contribution in [0.15, 0.2) is 0 Å². The summed E-state index contributed by atoms with van der Waals surface area (Å²) in [6.45, 7) is 31.7. The Hall–Kier alpha value is 0.433. The monoisotopic (exact) mass is 901 g/mol. The molecular weight excluding hydrogens is 821 g/mol. The van der Waals surface area contributed by atoms with Crippen molar-refractivity contribution in [3.63, 3.8) is 0 Å². The van der Waals surface area contributed by atoms with Gasteiger partial charge in [-0.05, 0) is 69.5 Å². The molecule has 0 bridgehead atoms. The Bertz CT molecular complexity index is 714. The van der Waals surface area contributed by atoms with Crippen LogP contribution in [-0.4, -0.2) is 212 Å². The molecule has 0 aromatic carbocycles. The molecular formula is C32H79Ba2N7O4. The van der Waals surface area contributed by atoms with E-state index in [1.165, 1.54) is 48.8 Å². The first-order valence-electron chi connectivity index (χ1n) is 13.7. The minimum Gasteiger partial charge on any atom is -1.00 e. The summed E-state index contributed by atoms with van der Waals surface area (Å²) >= 11 is 0. The molecule has 0 aliphatic carbocycles. The Morgan fingerprint density at radius 3 is 0.622 bits per heavy atom. The first-order valence-corrected chi connectivity index (χ1v) is 13.7. The fourth-order valence-electron chi connectivity index (χ4n) is 3.22. The van der Waals surface area contributed by atoms with Gasteiger partial charge in [0, 0.05) is 55.9 Å². The number of nitrogens with zero attached hydrogens (tertiary/aromatic N) is 5. The molecule has 0 radical (unpaired) electrons. The van der Waals surface area contributed by atoms with E-state index in [2.05, 4.69) is 16.3 Å². The largest absolute Gasteiger partial charge is 2.00 e. The van der Waals surface area contributed by atoms with Crippen LogP contribution in [0, 0.1) is 6.57 Å². The van der Waals surface area contributed by atoms with E-state index in [0.29, 0.717) is 0 Å². The van der Waals surface area contributed by atoms with Gasteiger partial charge < -0.3 is 41.6 Å². The zero-order chi connectivity index (χ0) is 35.3. The zero-order valence-electron chi connectivity index (χ0n) is 35.9. The van der Waals surface area contributed by atoms with Gasteiger partial charge in [0.15, 0.2) is 0 Å². The predicted molar refractivity (Wildman–Crippen MR) is 204 cm³/mol. The van der Waals surface area contributed by atoms with E-state index >= 15 is 0 Å². The fourth-order valence-corrected chi connectivity index (χ4v) is 3.22. The molecule has 13 heteroatoms. The predicted octanol–water partition coefficient (Wildman–Crippen LogP) is 4.67. The van der Waals surface area contributed by atoms with Crippen LogP contribution in [0.2, 0.25) is 0 Å². The zero-order valence-corrected chi connectivity index (χ0v) is 40.8. The molecule has 0 saturated carbocycles.